The highest BCUT2D eigenvalue weighted by molar-refractivity contribution is 7.93. The van der Waals surface area contributed by atoms with E-state index in [9.17, 15) is 18.0 Å². The fourth-order valence-electron chi connectivity index (χ4n) is 0.963. The number of hydrogen-bond acceptors (Lipinski definition) is 4. The molecule has 1 aliphatic heterocycles. The quantitative estimate of drug-likeness (QED) is 0.495. The highest BCUT2D eigenvalue weighted by Gasteiger charge is 2.51. The van der Waals surface area contributed by atoms with E-state index < -0.39 is 30.5 Å². The van der Waals surface area contributed by atoms with Crippen molar-refractivity contribution in [2.75, 3.05) is 6.61 Å². The lowest BCUT2D eigenvalue weighted by Crippen LogP contribution is -2.45. The van der Waals surface area contributed by atoms with E-state index in [-0.39, 0.29) is 0 Å². The molecule has 0 saturated carbocycles. The van der Waals surface area contributed by atoms with Crippen LogP contribution in [0.2, 0.25) is 0 Å². The Morgan fingerprint density at radius 1 is 1.44 bits per heavy atom. The van der Waals surface area contributed by atoms with Gasteiger partial charge in [-0.1, -0.05) is 0 Å². The minimum atomic E-state index is -4.51. The molecular weight excluding hydrogens is 247 g/mol. The molecule has 94 valence electrons. The third kappa shape index (κ3) is 3.44. The zero-order valence-electron chi connectivity index (χ0n) is 9.00. The van der Waals surface area contributed by atoms with Crippen molar-refractivity contribution < 1.29 is 26.9 Å². The molecule has 0 aromatic carbocycles. The number of hydrogen-bond donors (Lipinski definition) is 0. The largest absolute Gasteiger partial charge is 0.443 e. The van der Waals surface area contributed by atoms with Crippen LogP contribution in [-0.2, 0) is 8.92 Å². The van der Waals surface area contributed by atoms with Gasteiger partial charge in [-0.25, -0.2) is 9.10 Å². The first-order valence-electron chi connectivity index (χ1n) is 4.50. The van der Waals surface area contributed by atoms with Crippen LogP contribution in [0, 0.1) is 0 Å². The molecule has 0 spiro atoms. The van der Waals surface area contributed by atoms with Gasteiger partial charge in [0.1, 0.15) is 17.8 Å². The van der Waals surface area contributed by atoms with E-state index in [1.165, 1.54) is 0 Å². The highest BCUT2D eigenvalue weighted by atomic mass is 32.2. The molecule has 1 fully saturated rings. The SMILES string of the molecule is CC(C)(C)OC(=O)N1SOCC1C(F)(F)F. The second-order valence-electron chi connectivity index (χ2n) is 4.22. The lowest BCUT2D eigenvalue weighted by atomic mass is 10.2. The molecule has 0 aliphatic carbocycles. The van der Waals surface area contributed by atoms with Gasteiger partial charge in [0, 0.05) is 0 Å². The van der Waals surface area contributed by atoms with E-state index in [1.54, 1.807) is 20.8 Å². The van der Waals surface area contributed by atoms with Gasteiger partial charge < -0.3 is 4.74 Å². The Morgan fingerprint density at radius 2 is 2.00 bits per heavy atom. The summed E-state index contributed by atoms with van der Waals surface area (Å²) in [7, 11) is 0. The number of alkyl halides is 3. The van der Waals surface area contributed by atoms with Crippen molar-refractivity contribution in [3.05, 3.63) is 0 Å². The van der Waals surface area contributed by atoms with Gasteiger partial charge in [0.2, 0.25) is 0 Å². The molecule has 0 aromatic rings. The van der Waals surface area contributed by atoms with E-state index in [0.29, 0.717) is 16.5 Å². The van der Waals surface area contributed by atoms with Crippen molar-refractivity contribution in [2.45, 2.75) is 38.6 Å². The summed E-state index contributed by atoms with van der Waals surface area (Å²) in [4.78, 5) is 11.4. The van der Waals surface area contributed by atoms with E-state index in [1.807, 2.05) is 0 Å². The maximum atomic E-state index is 12.5. The van der Waals surface area contributed by atoms with Gasteiger partial charge in [0.25, 0.3) is 0 Å². The fourth-order valence-corrected chi connectivity index (χ4v) is 1.65. The molecule has 0 radical (unpaired) electrons. The summed E-state index contributed by atoms with van der Waals surface area (Å²) in [6.07, 6.45) is -5.56. The Labute approximate surface area is 95.4 Å². The molecule has 4 nitrogen and oxygen atoms in total. The van der Waals surface area contributed by atoms with Crippen molar-refractivity contribution >= 4 is 18.3 Å². The summed E-state index contributed by atoms with van der Waals surface area (Å²) in [5, 5.41) is 0. The van der Waals surface area contributed by atoms with Crippen molar-refractivity contribution in [1.29, 1.82) is 0 Å². The van der Waals surface area contributed by atoms with Crippen LogP contribution in [-0.4, -0.2) is 34.8 Å². The summed E-state index contributed by atoms with van der Waals surface area (Å²) >= 11 is 0.365. The van der Waals surface area contributed by atoms with E-state index in [0.717, 1.165) is 0 Å². The molecular formula is C8H12F3NO3S. The summed E-state index contributed by atoms with van der Waals surface area (Å²) < 4.78 is 47.2. The smallest absolute Gasteiger partial charge is 0.422 e. The number of rotatable bonds is 0. The Kier molecular flexibility index (Phi) is 3.63. The summed E-state index contributed by atoms with van der Waals surface area (Å²) in [5.74, 6) is 0. The van der Waals surface area contributed by atoms with E-state index >= 15 is 0 Å². The number of amides is 1. The van der Waals surface area contributed by atoms with Gasteiger partial charge in [0.05, 0.1) is 6.61 Å². The van der Waals surface area contributed by atoms with Crippen LogP contribution in [0.15, 0.2) is 0 Å². The zero-order valence-corrected chi connectivity index (χ0v) is 9.82. The van der Waals surface area contributed by atoms with Crippen molar-refractivity contribution in [2.24, 2.45) is 0 Å². The van der Waals surface area contributed by atoms with Crippen LogP contribution in [0.3, 0.4) is 0 Å². The van der Waals surface area contributed by atoms with Gasteiger partial charge in [-0.05, 0) is 20.8 Å². The van der Waals surface area contributed by atoms with E-state index in [4.69, 9.17) is 4.74 Å². The second-order valence-corrected chi connectivity index (χ2v) is 5.00. The lowest BCUT2D eigenvalue weighted by molar-refractivity contribution is -0.167. The predicted molar refractivity (Wildman–Crippen MR) is 51.5 cm³/mol. The third-order valence-corrected chi connectivity index (χ3v) is 2.40. The molecule has 0 aromatic heterocycles. The first-order chi connectivity index (χ1) is 7.11. The third-order valence-electron chi connectivity index (χ3n) is 1.59. The van der Waals surface area contributed by atoms with E-state index in [2.05, 4.69) is 4.18 Å². The highest BCUT2D eigenvalue weighted by Crippen LogP contribution is 2.36. The average molecular weight is 259 g/mol. The minimum absolute atomic E-state index is 0.365. The second kappa shape index (κ2) is 4.33. The van der Waals surface area contributed by atoms with Gasteiger partial charge in [0.15, 0.2) is 6.04 Å². The van der Waals surface area contributed by atoms with Gasteiger partial charge in [-0.3, -0.25) is 4.18 Å². The number of nitrogens with zero attached hydrogens (tertiary/aromatic N) is 1. The monoisotopic (exact) mass is 259 g/mol. The van der Waals surface area contributed by atoms with Crippen LogP contribution >= 0.6 is 12.2 Å². The number of carbonyl (C=O) groups excluding carboxylic acids is 1. The number of carbonyl (C=O) groups is 1. The predicted octanol–water partition coefficient (Wildman–Crippen LogP) is 2.75. The van der Waals surface area contributed by atoms with Gasteiger partial charge in [-0.15, -0.1) is 0 Å². The first-order valence-corrected chi connectivity index (χ1v) is 5.19. The molecule has 0 N–H and O–H groups in total. The van der Waals surface area contributed by atoms with Crippen molar-refractivity contribution in [3.63, 3.8) is 0 Å². The lowest BCUT2D eigenvalue weighted by Gasteiger charge is -2.26. The molecule has 16 heavy (non-hydrogen) atoms. The molecule has 1 amide bonds. The molecule has 8 heteroatoms. The molecule has 0 bridgehead atoms. The molecule has 1 heterocycles. The molecule has 1 aliphatic rings. The Bertz CT molecular complexity index is 277. The minimum Gasteiger partial charge on any atom is -0.443 e. The topological polar surface area (TPSA) is 38.8 Å². The molecule has 1 saturated heterocycles. The van der Waals surface area contributed by atoms with Gasteiger partial charge in [-0.2, -0.15) is 13.2 Å². The van der Waals surface area contributed by atoms with Crippen molar-refractivity contribution in [3.8, 4) is 0 Å². The molecule has 1 rings (SSSR count). The normalized spacial score (nSPS) is 22.4. The Morgan fingerprint density at radius 3 is 2.44 bits per heavy atom. The van der Waals surface area contributed by atoms with Gasteiger partial charge >= 0.3 is 12.3 Å². The Hall–Kier alpha value is -0.630. The van der Waals surface area contributed by atoms with Crippen LogP contribution in [0.5, 0.6) is 0 Å². The molecule has 1 unspecified atom stereocenters. The summed E-state index contributed by atoms with van der Waals surface area (Å²) in [6.45, 7) is 4.16. The van der Waals surface area contributed by atoms with Crippen molar-refractivity contribution in [1.82, 2.24) is 4.31 Å². The standard InChI is InChI=1S/C8H12F3NO3S/c1-7(2,3)15-6(13)12-5(4-14-16-12)8(9,10)11/h5H,4H2,1-3H3. The maximum Gasteiger partial charge on any atom is 0.422 e. The Balaban J connectivity index is 2.69. The number of ether oxygens (including phenoxy) is 1. The van der Waals surface area contributed by atoms with Crippen LogP contribution in [0.25, 0.3) is 0 Å². The summed E-state index contributed by atoms with van der Waals surface area (Å²) in [5.41, 5.74) is -0.837. The average Bonchev–Trinajstić information content (AvgIpc) is 2.45. The summed E-state index contributed by atoms with van der Waals surface area (Å²) in [6, 6.07) is -1.95. The van der Waals surface area contributed by atoms with Crippen LogP contribution in [0.4, 0.5) is 18.0 Å². The maximum absolute atomic E-state index is 12.5. The zero-order chi connectivity index (χ0) is 12.6. The van der Waals surface area contributed by atoms with Crippen LogP contribution in [0.1, 0.15) is 20.8 Å². The fraction of sp³-hybridized carbons (Fsp3) is 0.875. The van der Waals surface area contributed by atoms with Crippen LogP contribution < -0.4 is 0 Å². The number of halogens is 3. The first kappa shape index (κ1) is 13.4. The molecule has 1 atom stereocenters.